The number of hydrogen-bond donors (Lipinski definition) is 1. The Kier molecular flexibility index (Phi) is 28.3. The van der Waals surface area contributed by atoms with Crippen molar-refractivity contribution >= 4 is 0 Å². The zero-order chi connectivity index (χ0) is 30.4. The van der Waals surface area contributed by atoms with Gasteiger partial charge in [-0.2, -0.15) is 0 Å². The van der Waals surface area contributed by atoms with Gasteiger partial charge < -0.3 is 0 Å². The Morgan fingerprint density at radius 3 is 1.12 bits per heavy atom. The van der Waals surface area contributed by atoms with Crippen LogP contribution in [0, 0.1) is 0 Å². The molecule has 1 heterocycles. The van der Waals surface area contributed by atoms with E-state index in [9.17, 15) is 0 Å². The van der Waals surface area contributed by atoms with Gasteiger partial charge in [0.25, 0.3) is 5.82 Å². The predicted molar refractivity (Wildman–Crippen MR) is 189 cm³/mol. The number of H-pyrrole nitrogens is 1. The fraction of sp³-hybridized carbons (Fsp3) is 0.925. The largest absolute Gasteiger partial charge is 0.257 e. The minimum absolute atomic E-state index is 0.620. The maximum absolute atomic E-state index is 3.74. The van der Waals surface area contributed by atoms with Gasteiger partial charge in [-0.05, 0) is 32.6 Å². The van der Waals surface area contributed by atoms with Crippen molar-refractivity contribution in [2.45, 2.75) is 239 Å². The van der Waals surface area contributed by atoms with Gasteiger partial charge in [-0.3, -0.25) is 0 Å². The molecule has 0 saturated heterocycles. The van der Waals surface area contributed by atoms with Gasteiger partial charge in [0.1, 0.15) is 12.4 Å². The molecule has 1 N–H and O–H groups in total. The lowest BCUT2D eigenvalue weighted by Gasteiger charge is -2.17. The molecule has 0 aromatic carbocycles. The summed E-state index contributed by atoms with van der Waals surface area (Å²) >= 11 is 0. The van der Waals surface area contributed by atoms with Crippen LogP contribution in [0.4, 0.5) is 0 Å². The number of imidazole rings is 1. The van der Waals surface area contributed by atoms with E-state index in [1.54, 1.807) is 0 Å². The van der Waals surface area contributed by atoms with Gasteiger partial charge in [0, 0.05) is 0 Å². The Morgan fingerprint density at radius 1 is 0.452 bits per heavy atom. The van der Waals surface area contributed by atoms with Crippen LogP contribution >= 0.6 is 0 Å². The molecular weight excluding hydrogens is 508 g/mol. The average Bonchev–Trinajstić information content (AvgIpc) is 3.49. The predicted octanol–water partition coefficient (Wildman–Crippen LogP) is 14.1. The molecule has 1 rings (SSSR count). The fourth-order valence-corrected chi connectivity index (χ4v) is 6.96. The van der Waals surface area contributed by atoms with Crippen molar-refractivity contribution in [3.8, 4) is 0 Å². The van der Waals surface area contributed by atoms with E-state index in [1.807, 2.05) is 0 Å². The van der Waals surface area contributed by atoms with Gasteiger partial charge in [0.05, 0.1) is 12.0 Å². The van der Waals surface area contributed by atoms with Crippen LogP contribution in [0.15, 0.2) is 12.4 Å². The first-order valence-electron chi connectivity index (χ1n) is 19.8. The molecule has 2 atom stereocenters. The first-order chi connectivity index (χ1) is 20.7. The van der Waals surface area contributed by atoms with Gasteiger partial charge in [-0.1, -0.05) is 194 Å². The normalized spacial score (nSPS) is 13.1. The molecule has 0 amide bonds. The van der Waals surface area contributed by atoms with E-state index < -0.39 is 0 Å². The standard InChI is InChI=1S/C40H78N2/c1-5-8-11-14-17-19-20-21-22-24-26-29-32-35-39(34-31-28-16-13-10-7-3)40-41-36-37-42(40)38(4)33-30-27-25-23-18-15-12-9-6-2/h36-39H,5-35H2,1-4H3/p+1. The molecule has 0 aliphatic carbocycles. The Balaban J connectivity index is 2.37. The minimum atomic E-state index is 0.620. The Hall–Kier alpha value is -0.790. The Labute approximate surface area is 266 Å². The molecule has 0 bridgehead atoms. The first kappa shape index (κ1) is 39.2. The number of rotatable bonds is 33. The van der Waals surface area contributed by atoms with E-state index in [1.165, 1.54) is 205 Å². The van der Waals surface area contributed by atoms with E-state index in [4.69, 9.17) is 0 Å². The summed E-state index contributed by atoms with van der Waals surface area (Å²) in [5.74, 6) is 2.25. The average molecular weight is 588 g/mol. The van der Waals surface area contributed by atoms with Crippen molar-refractivity contribution in [3.63, 3.8) is 0 Å². The number of unbranched alkanes of at least 4 members (excludes halogenated alkanes) is 25. The van der Waals surface area contributed by atoms with Crippen LogP contribution in [0.2, 0.25) is 0 Å². The van der Waals surface area contributed by atoms with Crippen molar-refractivity contribution in [2.24, 2.45) is 0 Å². The van der Waals surface area contributed by atoms with Gasteiger partial charge in [0.2, 0.25) is 0 Å². The summed E-state index contributed by atoms with van der Waals surface area (Å²) in [5.41, 5.74) is 0. The number of aromatic nitrogens is 2. The van der Waals surface area contributed by atoms with Gasteiger partial charge in [0.15, 0.2) is 0 Å². The fourth-order valence-electron chi connectivity index (χ4n) is 6.96. The number of aromatic amines is 1. The van der Waals surface area contributed by atoms with E-state index in [0.717, 1.165) is 0 Å². The summed E-state index contributed by atoms with van der Waals surface area (Å²) in [5, 5.41) is 0. The lowest BCUT2D eigenvalue weighted by Crippen LogP contribution is -2.41. The highest BCUT2D eigenvalue weighted by Gasteiger charge is 2.25. The number of hydrogen-bond acceptors (Lipinski definition) is 0. The molecule has 42 heavy (non-hydrogen) atoms. The third-order valence-corrected chi connectivity index (χ3v) is 9.89. The summed E-state index contributed by atoms with van der Waals surface area (Å²) in [6, 6.07) is 0.620. The van der Waals surface area contributed by atoms with Crippen LogP contribution in [-0.2, 0) is 0 Å². The topological polar surface area (TPSA) is 19.7 Å². The molecule has 1 aromatic heterocycles. The highest BCUT2D eigenvalue weighted by atomic mass is 15.1. The zero-order valence-electron chi connectivity index (χ0n) is 29.7. The third kappa shape index (κ3) is 21.8. The summed E-state index contributed by atoms with van der Waals surface area (Å²) in [7, 11) is 0. The van der Waals surface area contributed by atoms with E-state index >= 15 is 0 Å². The summed E-state index contributed by atoms with van der Waals surface area (Å²) in [6.45, 7) is 9.42. The smallest absolute Gasteiger partial charge is 0.247 e. The zero-order valence-corrected chi connectivity index (χ0v) is 29.7. The second-order valence-corrected chi connectivity index (χ2v) is 14.0. The summed E-state index contributed by atoms with van der Waals surface area (Å²) < 4.78 is 2.63. The highest BCUT2D eigenvalue weighted by Crippen LogP contribution is 2.27. The van der Waals surface area contributed by atoms with Crippen molar-refractivity contribution in [3.05, 3.63) is 18.2 Å². The van der Waals surface area contributed by atoms with E-state index in [0.29, 0.717) is 12.0 Å². The van der Waals surface area contributed by atoms with Crippen molar-refractivity contribution in [2.75, 3.05) is 0 Å². The van der Waals surface area contributed by atoms with Crippen LogP contribution in [-0.4, -0.2) is 4.98 Å². The second kappa shape index (κ2) is 30.2. The number of nitrogens with zero attached hydrogens (tertiary/aromatic N) is 1. The molecule has 0 aliphatic heterocycles. The van der Waals surface area contributed by atoms with E-state index in [2.05, 4.69) is 49.6 Å². The van der Waals surface area contributed by atoms with Crippen LogP contribution < -0.4 is 4.57 Å². The molecule has 0 saturated carbocycles. The molecule has 0 aliphatic rings. The van der Waals surface area contributed by atoms with Crippen LogP contribution in [0.1, 0.15) is 245 Å². The van der Waals surface area contributed by atoms with Gasteiger partial charge in [-0.15, -0.1) is 0 Å². The lowest BCUT2D eigenvalue weighted by atomic mass is 9.92. The van der Waals surface area contributed by atoms with E-state index in [-0.39, 0.29) is 0 Å². The quantitative estimate of drug-likeness (QED) is 0.0623. The maximum Gasteiger partial charge on any atom is 0.257 e. The summed E-state index contributed by atoms with van der Waals surface area (Å²) in [6.07, 6.45) is 48.7. The molecule has 2 heteroatoms. The maximum atomic E-state index is 3.74. The first-order valence-corrected chi connectivity index (χ1v) is 19.8. The SMILES string of the molecule is CCCCCCCCCCCCCCCC(CCCCCCCC)c1[nH]cc[n+]1C(C)CCCCCCCCCCC. The summed E-state index contributed by atoms with van der Waals surface area (Å²) in [4.78, 5) is 3.74. The molecule has 0 radical (unpaired) electrons. The molecule has 248 valence electrons. The number of nitrogens with one attached hydrogen (secondary N) is 1. The van der Waals surface area contributed by atoms with Gasteiger partial charge >= 0.3 is 0 Å². The van der Waals surface area contributed by atoms with Gasteiger partial charge in [-0.25, -0.2) is 9.55 Å². The Bertz CT molecular complexity index is 650. The van der Waals surface area contributed by atoms with Crippen LogP contribution in [0.3, 0.4) is 0 Å². The molecule has 0 spiro atoms. The van der Waals surface area contributed by atoms with Crippen molar-refractivity contribution in [1.29, 1.82) is 0 Å². The second-order valence-electron chi connectivity index (χ2n) is 14.0. The molecule has 0 fully saturated rings. The van der Waals surface area contributed by atoms with Crippen LogP contribution in [0.5, 0.6) is 0 Å². The molecule has 2 nitrogen and oxygen atoms in total. The van der Waals surface area contributed by atoms with Crippen molar-refractivity contribution in [1.82, 2.24) is 4.98 Å². The Morgan fingerprint density at radius 2 is 0.762 bits per heavy atom. The minimum Gasteiger partial charge on any atom is -0.247 e. The van der Waals surface area contributed by atoms with Crippen LogP contribution in [0.25, 0.3) is 0 Å². The molecule has 1 aromatic rings. The monoisotopic (exact) mass is 588 g/mol. The molecule has 2 unspecified atom stereocenters. The lowest BCUT2D eigenvalue weighted by molar-refractivity contribution is -0.727. The molecular formula is C40H79N2+. The van der Waals surface area contributed by atoms with Crippen molar-refractivity contribution < 1.29 is 4.57 Å². The highest BCUT2D eigenvalue weighted by molar-refractivity contribution is 4.90. The third-order valence-electron chi connectivity index (χ3n) is 9.89.